The molecule has 0 bridgehead atoms. The van der Waals surface area contributed by atoms with Gasteiger partial charge in [0.2, 0.25) is 12.2 Å². The van der Waals surface area contributed by atoms with Crippen LogP contribution in [0.3, 0.4) is 0 Å². The van der Waals surface area contributed by atoms with E-state index >= 15 is 0 Å². The topological polar surface area (TPSA) is 92.5 Å². The number of carbonyl (C=O) groups is 1. The SMILES string of the molecule is Cc1ccc2[nH]cc(NC(=O)NCc3ccc4c(c3)OCO4)c(=O)c2c1. The fourth-order valence-corrected chi connectivity index (χ4v) is 2.82. The number of aromatic nitrogens is 1. The predicted molar refractivity (Wildman–Crippen MR) is 97.7 cm³/mol. The van der Waals surface area contributed by atoms with E-state index in [9.17, 15) is 9.59 Å². The molecule has 0 radical (unpaired) electrons. The Balaban J connectivity index is 1.46. The summed E-state index contributed by atoms with van der Waals surface area (Å²) in [5.74, 6) is 1.35. The van der Waals surface area contributed by atoms with Crippen LogP contribution in [0.4, 0.5) is 10.5 Å². The summed E-state index contributed by atoms with van der Waals surface area (Å²) in [7, 11) is 0. The van der Waals surface area contributed by atoms with Crippen LogP contribution in [0.2, 0.25) is 0 Å². The van der Waals surface area contributed by atoms with E-state index in [4.69, 9.17) is 9.47 Å². The number of fused-ring (bicyclic) bond motifs is 2. The quantitative estimate of drug-likeness (QED) is 0.676. The number of rotatable bonds is 3. The molecule has 1 aliphatic rings. The minimum Gasteiger partial charge on any atom is -0.454 e. The Bertz CT molecular complexity index is 1060. The van der Waals surface area contributed by atoms with Crippen LogP contribution in [0.25, 0.3) is 10.9 Å². The molecule has 7 heteroatoms. The second kappa shape index (κ2) is 6.44. The number of benzene rings is 2. The van der Waals surface area contributed by atoms with Crippen molar-refractivity contribution in [2.75, 3.05) is 12.1 Å². The van der Waals surface area contributed by atoms with Crippen molar-refractivity contribution in [3.05, 3.63) is 63.9 Å². The Morgan fingerprint density at radius 3 is 2.88 bits per heavy atom. The number of aromatic amines is 1. The Morgan fingerprint density at radius 1 is 1.15 bits per heavy atom. The molecule has 1 aromatic heterocycles. The molecule has 0 spiro atoms. The molecule has 26 heavy (non-hydrogen) atoms. The van der Waals surface area contributed by atoms with E-state index in [1.807, 2.05) is 31.2 Å². The molecule has 3 N–H and O–H groups in total. The second-order valence-electron chi connectivity index (χ2n) is 6.08. The number of nitrogens with one attached hydrogen (secondary N) is 3. The molecule has 0 fully saturated rings. The van der Waals surface area contributed by atoms with Crippen molar-refractivity contribution in [2.45, 2.75) is 13.5 Å². The van der Waals surface area contributed by atoms with Crippen molar-refractivity contribution in [2.24, 2.45) is 0 Å². The third-order valence-corrected chi connectivity index (χ3v) is 4.17. The minimum absolute atomic E-state index is 0.200. The van der Waals surface area contributed by atoms with Gasteiger partial charge in [0, 0.05) is 23.6 Å². The lowest BCUT2D eigenvalue weighted by Gasteiger charge is -2.09. The lowest BCUT2D eigenvalue weighted by Crippen LogP contribution is -2.30. The Kier molecular flexibility index (Phi) is 3.96. The Labute approximate surface area is 148 Å². The molecule has 0 aliphatic carbocycles. The number of aryl methyl sites for hydroxylation is 1. The van der Waals surface area contributed by atoms with E-state index in [-0.39, 0.29) is 17.9 Å². The van der Waals surface area contributed by atoms with Gasteiger partial charge in [-0.05, 0) is 36.8 Å². The van der Waals surface area contributed by atoms with Crippen LogP contribution >= 0.6 is 0 Å². The van der Waals surface area contributed by atoms with E-state index in [0.717, 1.165) is 16.6 Å². The monoisotopic (exact) mass is 351 g/mol. The van der Waals surface area contributed by atoms with Crippen molar-refractivity contribution in [3.63, 3.8) is 0 Å². The van der Waals surface area contributed by atoms with Crippen LogP contribution in [0.5, 0.6) is 11.5 Å². The standard InChI is InChI=1S/C19H17N3O4/c1-11-2-4-14-13(6-11)18(23)15(9-20-14)22-19(24)21-8-12-3-5-16-17(7-12)26-10-25-16/h2-7,9H,8,10H2,1H3,(H,20,23)(H2,21,22,24). The van der Waals surface area contributed by atoms with E-state index in [1.54, 1.807) is 12.1 Å². The number of carbonyl (C=O) groups excluding carboxylic acids is 1. The number of pyridine rings is 1. The maximum Gasteiger partial charge on any atom is 0.319 e. The maximum atomic E-state index is 12.5. The Morgan fingerprint density at radius 2 is 2.00 bits per heavy atom. The number of ether oxygens (including phenoxy) is 2. The second-order valence-corrected chi connectivity index (χ2v) is 6.08. The first-order valence-electron chi connectivity index (χ1n) is 8.15. The molecule has 0 unspecified atom stereocenters. The first-order valence-corrected chi connectivity index (χ1v) is 8.15. The third kappa shape index (κ3) is 3.06. The summed E-state index contributed by atoms with van der Waals surface area (Å²) in [5.41, 5.74) is 2.55. The fraction of sp³-hybridized carbons (Fsp3) is 0.158. The fourth-order valence-electron chi connectivity index (χ4n) is 2.82. The average molecular weight is 351 g/mol. The molecular formula is C19H17N3O4. The van der Waals surface area contributed by atoms with Crippen LogP contribution in [0.15, 0.2) is 47.4 Å². The highest BCUT2D eigenvalue weighted by atomic mass is 16.7. The van der Waals surface area contributed by atoms with Crippen molar-refractivity contribution >= 4 is 22.6 Å². The van der Waals surface area contributed by atoms with Crippen LogP contribution in [-0.2, 0) is 6.54 Å². The van der Waals surface area contributed by atoms with Gasteiger partial charge in [0.15, 0.2) is 11.5 Å². The van der Waals surface area contributed by atoms with E-state index in [2.05, 4.69) is 15.6 Å². The molecule has 1 aliphatic heterocycles. The van der Waals surface area contributed by atoms with E-state index in [0.29, 0.717) is 23.4 Å². The summed E-state index contributed by atoms with van der Waals surface area (Å²) in [6.07, 6.45) is 1.50. The van der Waals surface area contributed by atoms with Gasteiger partial charge in [-0.15, -0.1) is 0 Å². The number of hydrogen-bond donors (Lipinski definition) is 3. The minimum atomic E-state index is -0.458. The summed E-state index contributed by atoms with van der Waals surface area (Å²) in [6.45, 7) is 2.42. The number of amides is 2. The molecule has 2 amide bonds. The van der Waals surface area contributed by atoms with Gasteiger partial charge in [0.25, 0.3) is 0 Å². The van der Waals surface area contributed by atoms with Gasteiger partial charge in [-0.2, -0.15) is 0 Å². The maximum absolute atomic E-state index is 12.5. The molecule has 0 saturated carbocycles. The van der Waals surface area contributed by atoms with Crippen LogP contribution in [-0.4, -0.2) is 17.8 Å². The molecule has 0 saturated heterocycles. The van der Waals surface area contributed by atoms with Crippen molar-refractivity contribution in [3.8, 4) is 11.5 Å². The molecular weight excluding hydrogens is 334 g/mol. The van der Waals surface area contributed by atoms with Gasteiger partial charge >= 0.3 is 6.03 Å². The number of H-pyrrole nitrogens is 1. The number of hydrogen-bond acceptors (Lipinski definition) is 4. The number of urea groups is 1. The van der Waals surface area contributed by atoms with Crippen molar-refractivity contribution < 1.29 is 14.3 Å². The summed E-state index contributed by atoms with van der Waals surface area (Å²) in [5, 5.41) is 5.86. The zero-order valence-corrected chi connectivity index (χ0v) is 14.1. The van der Waals surface area contributed by atoms with Gasteiger partial charge < -0.3 is 25.1 Å². The highest BCUT2D eigenvalue weighted by Gasteiger charge is 2.14. The zero-order valence-electron chi connectivity index (χ0n) is 14.1. The number of anilines is 1. The van der Waals surface area contributed by atoms with Gasteiger partial charge in [0.1, 0.15) is 5.69 Å². The summed E-state index contributed by atoms with van der Waals surface area (Å²) < 4.78 is 10.6. The summed E-state index contributed by atoms with van der Waals surface area (Å²) >= 11 is 0. The molecule has 4 rings (SSSR count). The zero-order chi connectivity index (χ0) is 18.1. The largest absolute Gasteiger partial charge is 0.454 e. The normalized spacial score (nSPS) is 12.2. The van der Waals surface area contributed by atoms with Gasteiger partial charge in [0.05, 0.1) is 0 Å². The van der Waals surface area contributed by atoms with Crippen LogP contribution in [0.1, 0.15) is 11.1 Å². The van der Waals surface area contributed by atoms with E-state index in [1.165, 1.54) is 6.20 Å². The lowest BCUT2D eigenvalue weighted by atomic mass is 10.1. The van der Waals surface area contributed by atoms with Gasteiger partial charge in [-0.25, -0.2) is 4.79 Å². The summed E-state index contributed by atoms with van der Waals surface area (Å²) in [6, 6.07) is 10.6. The predicted octanol–water partition coefficient (Wildman–Crippen LogP) is 2.89. The van der Waals surface area contributed by atoms with Crippen molar-refractivity contribution in [1.82, 2.24) is 10.3 Å². The average Bonchev–Trinajstić information content (AvgIpc) is 3.10. The first-order chi connectivity index (χ1) is 12.6. The Hall–Kier alpha value is -3.48. The molecule has 2 heterocycles. The summed E-state index contributed by atoms with van der Waals surface area (Å²) in [4.78, 5) is 27.7. The third-order valence-electron chi connectivity index (χ3n) is 4.17. The smallest absolute Gasteiger partial charge is 0.319 e. The van der Waals surface area contributed by atoms with Crippen LogP contribution < -0.4 is 25.5 Å². The van der Waals surface area contributed by atoms with Crippen LogP contribution in [0, 0.1) is 6.92 Å². The highest BCUT2D eigenvalue weighted by molar-refractivity contribution is 5.92. The molecule has 132 valence electrons. The lowest BCUT2D eigenvalue weighted by molar-refractivity contribution is 0.174. The first kappa shape index (κ1) is 16.0. The van der Waals surface area contributed by atoms with Gasteiger partial charge in [-0.3, -0.25) is 4.79 Å². The molecule has 0 atom stereocenters. The van der Waals surface area contributed by atoms with Crippen molar-refractivity contribution in [1.29, 1.82) is 0 Å². The van der Waals surface area contributed by atoms with Gasteiger partial charge in [-0.1, -0.05) is 17.7 Å². The van der Waals surface area contributed by atoms with E-state index < -0.39 is 6.03 Å². The highest BCUT2D eigenvalue weighted by Crippen LogP contribution is 2.32. The molecule has 7 nitrogen and oxygen atoms in total. The molecule has 3 aromatic rings. The molecule has 2 aromatic carbocycles.